The number of rotatable bonds is 8. The van der Waals surface area contributed by atoms with E-state index in [2.05, 4.69) is 33.7 Å². The lowest BCUT2D eigenvalue weighted by Crippen LogP contribution is -2.31. The molecular formula is C27H24N4O2S. The van der Waals surface area contributed by atoms with Crippen LogP contribution >= 0.6 is 11.8 Å². The normalized spacial score (nSPS) is 12.8. The Kier molecular flexibility index (Phi) is 6.18. The van der Waals surface area contributed by atoms with Gasteiger partial charge in [0.05, 0.1) is 17.3 Å². The Bertz CT molecular complexity index is 1290. The summed E-state index contributed by atoms with van der Waals surface area (Å²) in [6.45, 7) is 0.391. The second kappa shape index (κ2) is 9.57. The summed E-state index contributed by atoms with van der Waals surface area (Å²) in [5, 5.41) is 0.867. The fraction of sp³-hybridized carbons (Fsp3) is 0.148. The summed E-state index contributed by atoms with van der Waals surface area (Å²) >= 11 is 1.62. The van der Waals surface area contributed by atoms with Gasteiger partial charge in [0.25, 0.3) is 11.8 Å². The van der Waals surface area contributed by atoms with Crippen LogP contribution < -0.4 is 4.90 Å². The van der Waals surface area contributed by atoms with Crippen molar-refractivity contribution in [1.29, 1.82) is 0 Å². The molecule has 0 spiro atoms. The third-order valence-electron chi connectivity index (χ3n) is 5.85. The van der Waals surface area contributed by atoms with Gasteiger partial charge in [-0.1, -0.05) is 60.3 Å². The zero-order valence-corrected chi connectivity index (χ0v) is 19.6. The van der Waals surface area contributed by atoms with Crippen LogP contribution in [0.3, 0.4) is 0 Å². The molecule has 6 nitrogen and oxygen atoms in total. The maximum atomic E-state index is 12.6. The van der Waals surface area contributed by atoms with Gasteiger partial charge in [-0.25, -0.2) is 4.98 Å². The Balaban J connectivity index is 1.31. The molecule has 3 aromatic carbocycles. The van der Waals surface area contributed by atoms with Crippen LogP contribution in [0.2, 0.25) is 0 Å². The van der Waals surface area contributed by atoms with E-state index in [4.69, 9.17) is 4.98 Å². The first-order valence-electron chi connectivity index (χ1n) is 11.1. The van der Waals surface area contributed by atoms with Gasteiger partial charge in [-0.3, -0.25) is 19.1 Å². The van der Waals surface area contributed by atoms with Crippen LogP contribution in [0.15, 0.2) is 96.3 Å². The van der Waals surface area contributed by atoms with Crippen LogP contribution in [0, 0.1) is 0 Å². The van der Waals surface area contributed by atoms with Crippen molar-refractivity contribution in [3.8, 4) is 5.69 Å². The van der Waals surface area contributed by atoms with Crippen molar-refractivity contribution in [1.82, 2.24) is 14.5 Å². The summed E-state index contributed by atoms with van der Waals surface area (Å²) in [5.41, 5.74) is 3.09. The van der Waals surface area contributed by atoms with Crippen molar-refractivity contribution in [2.24, 2.45) is 0 Å². The number of aromatic nitrogens is 2. The maximum Gasteiger partial charge on any atom is 0.261 e. The first-order chi connectivity index (χ1) is 16.6. The summed E-state index contributed by atoms with van der Waals surface area (Å²) in [6, 6.07) is 27.3. The van der Waals surface area contributed by atoms with Gasteiger partial charge in [0.2, 0.25) is 0 Å². The second-order valence-corrected chi connectivity index (χ2v) is 9.04. The Morgan fingerprint density at radius 2 is 1.41 bits per heavy atom. The number of benzene rings is 3. The molecule has 5 rings (SSSR count). The van der Waals surface area contributed by atoms with Crippen molar-refractivity contribution < 1.29 is 9.59 Å². The molecule has 4 aromatic rings. The number of thioether (sulfide) groups is 1. The quantitative estimate of drug-likeness (QED) is 0.196. The number of amides is 2. The Labute approximate surface area is 202 Å². The maximum absolute atomic E-state index is 12.6. The molecule has 1 aliphatic rings. The van der Waals surface area contributed by atoms with E-state index in [9.17, 15) is 9.59 Å². The number of carbonyl (C=O) groups excluding carboxylic acids is 2. The van der Waals surface area contributed by atoms with E-state index < -0.39 is 0 Å². The van der Waals surface area contributed by atoms with Crippen LogP contribution in [0.4, 0.5) is 11.5 Å². The van der Waals surface area contributed by atoms with E-state index >= 15 is 0 Å². The molecule has 0 saturated heterocycles. The van der Waals surface area contributed by atoms with Crippen LogP contribution in [0.25, 0.3) is 5.69 Å². The van der Waals surface area contributed by atoms with E-state index in [0.717, 1.165) is 28.1 Å². The number of hydrogen-bond acceptors (Lipinski definition) is 5. The van der Waals surface area contributed by atoms with Gasteiger partial charge < -0.3 is 4.90 Å². The van der Waals surface area contributed by atoms with Gasteiger partial charge in [0, 0.05) is 30.7 Å². The molecule has 34 heavy (non-hydrogen) atoms. The van der Waals surface area contributed by atoms with Crippen molar-refractivity contribution >= 4 is 35.1 Å². The van der Waals surface area contributed by atoms with E-state index in [1.165, 1.54) is 4.90 Å². The zero-order valence-electron chi connectivity index (χ0n) is 18.8. The lowest BCUT2D eigenvalue weighted by Gasteiger charge is -2.21. The third-order valence-corrected chi connectivity index (χ3v) is 6.89. The van der Waals surface area contributed by atoms with Crippen molar-refractivity contribution in [2.75, 3.05) is 24.2 Å². The topological polar surface area (TPSA) is 58.4 Å². The van der Waals surface area contributed by atoms with Crippen LogP contribution in [0.5, 0.6) is 0 Å². The minimum Gasteiger partial charge on any atom is -0.329 e. The molecule has 0 saturated carbocycles. The van der Waals surface area contributed by atoms with Gasteiger partial charge in [-0.2, -0.15) is 0 Å². The van der Waals surface area contributed by atoms with Gasteiger partial charge in [-0.15, -0.1) is 0 Å². The summed E-state index contributed by atoms with van der Waals surface area (Å²) in [5.74, 6) is 1.28. The van der Waals surface area contributed by atoms with E-state index in [1.54, 1.807) is 36.0 Å². The predicted octanol–water partition coefficient (Wildman–Crippen LogP) is 5.42. The van der Waals surface area contributed by atoms with Crippen molar-refractivity contribution in [3.05, 3.63) is 102 Å². The number of para-hydroxylation sites is 2. The number of imide groups is 1. The molecule has 0 aliphatic carbocycles. The average Bonchev–Trinajstić information content (AvgIpc) is 3.42. The van der Waals surface area contributed by atoms with Gasteiger partial charge in [0.1, 0.15) is 5.82 Å². The van der Waals surface area contributed by atoms with E-state index in [0.29, 0.717) is 24.1 Å². The second-order valence-electron chi connectivity index (χ2n) is 7.97. The molecule has 2 heterocycles. The summed E-state index contributed by atoms with van der Waals surface area (Å²) in [4.78, 5) is 33.4. The van der Waals surface area contributed by atoms with Crippen LogP contribution in [0.1, 0.15) is 27.1 Å². The largest absolute Gasteiger partial charge is 0.329 e. The van der Waals surface area contributed by atoms with Crippen molar-refractivity contribution in [3.63, 3.8) is 0 Å². The standard InChI is InChI=1S/C27H24N4O2S/c1-29(20-11-4-2-5-12-20)24-19-28-27(31(24)21-13-6-3-7-14-21)34-18-10-17-30-25(32)22-15-8-9-16-23(22)26(30)33/h2-9,11-16,19H,10,17-18H2,1H3. The molecular weight excluding hydrogens is 444 g/mol. The summed E-state index contributed by atoms with van der Waals surface area (Å²) in [6.07, 6.45) is 2.56. The Morgan fingerprint density at radius 1 is 0.824 bits per heavy atom. The zero-order chi connectivity index (χ0) is 23.5. The number of fused-ring (bicyclic) bond motifs is 1. The minimum atomic E-state index is -0.205. The van der Waals surface area contributed by atoms with Gasteiger partial charge in [-0.05, 0) is 42.8 Å². The van der Waals surface area contributed by atoms with Gasteiger partial charge >= 0.3 is 0 Å². The molecule has 0 atom stereocenters. The Morgan fingerprint density at radius 3 is 2.06 bits per heavy atom. The van der Waals surface area contributed by atoms with E-state index in [1.807, 2.05) is 49.6 Å². The highest BCUT2D eigenvalue weighted by Gasteiger charge is 2.34. The van der Waals surface area contributed by atoms with Crippen molar-refractivity contribution in [2.45, 2.75) is 11.6 Å². The van der Waals surface area contributed by atoms with Gasteiger partial charge in [0.15, 0.2) is 5.16 Å². The fourth-order valence-corrected chi connectivity index (χ4v) is 5.01. The minimum absolute atomic E-state index is 0.205. The molecule has 0 N–H and O–H groups in total. The smallest absolute Gasteiger partial charge is 0.261 e. The summed E-state index contributed by atoms with van der Waals surface area (Å²) in [7, 11) is 2.03. The van der Waals surface area contributed by atoms with Crippen LogP contribution in [-0.2, 0) is 0 Å². The monoisotopic (exact) mass is 468 g/mol. The molecule has 0 radical (unpaired) electrons. The Hall–Kier alpha value is -3.84. The molecule has 170 valence electrons. The summed E-state index contributed by atoms with van der Waals surface area (Å²) < 4.78 is 2.14. The molecule has 7 heteroatoms. The number of carbonyl (C=O) groups is 2. The average molecular weight is 469 g/mol. The molecule has 1 aliphatic heterocycles. The molecule has 0 unspecified atom stereocenters. The molecule has 0 fully saturated rings. The fourth-order valence-electron chi connectivity index (χ4n) is 4.10. The third kappa shape index (κ3) is 4.10. The number of anilines is 2. The SMILES string of the molecule is CN(c1ccccc1)c1cnc(SCCCN2C(=O)c3ccccc3C2=O)n1-c1ccccc1. The number of imidazole rings is 1. The lowest BCUT2D eigenvalue weighted by molar-refractivity contribution is 0.0655. The predicted molar refractivity (Wildman–Crippen MR) is 135 cm³/mol. The molecule has 2 amide bonds. The molecule has 0 bridgehead atoms. The number of nitrogens with zero attached hydrogens (tertiary/aromatic N) is 4. The first kappa shape index (κ1) is 22.0. The van der Waals surface area contributed by atoms with E-state index in [-0.39, 0.29) is 11.8 Å². The molecule has 1 aromatic heterocycles. The highest BCUT2D eigenvalue weighted by molar-refractivity contribution is 7.99. The lowest BCUT2D eigenvalue weighted by atomic mass is 10.1. The highest BCUT2D eigenvalue weighted by Crippen LogP contribution is 2.32. The van der Waals surface area contributed by atoms with Crippen LogP contribution in [-0.4, -0.2) is 45.6 Å². The highest BCUT2D eigenvalue weighted by atomic mass is 32.2. The first-order valence-corrected chi connectivity index (χ1v) is 12.1. The number of hydrogen-bond donors (Lipinski definition) is 0.